The molecule has 2 rings (SSSR count). The minimum atomic E-state index is 0.136. The van der Waals surface area contributed by atoms with E-state index in [0.717, 1.165) is 12.3 Å². The van der Waals surface area contributed by atoms with Gasteiger partial charge in [-0.15, -0.1) is 0 Å². The maximum absolute atomic E-state index is 5.53. The molecular weight excluding hydrogens is 326 g/mol. The van der Waals surface area contributed by atoms with E-state index < -0.39 is 0 Å². The first-order valence-electron chi connectivity index (χ1n) is 7.21. The fourth-order valence-corrected chi connectivity index (χ4v) is 2.89. The molecule has 0 aliphatic rings. The molecule has 0 aliphatic heterocycles. The monoisotopic (exact) mass is 347 g/mol. The Morgan fingerprint density at radius 3 is 2.33 bits per heavy atom. The molecule has 2 nitrogen and oxygen atoms in total. The number of para-hydroxylation sites is 1. The number of rotatable bonds is 5. The number of nitrogens with one attached hydrogen (secondary N) is 1. The summed E-state index contributed by atoms with van der Waals surface area (Å²) in [7, 11) is 1.72. The first-order valence-corrected chi connectivity index (χ1v) is 8.00. The van der Waals surface area contributed by atoms with Crippen LogP contribution in [0.15, 0.2) is 40.9 Å². The average Bonchev–Trinajstić information content (AvgIpc) is 2.49. The summed E-state index contributed by atoms with van der Waals surface area (Å²) >= 11 is 3.64. The number of hydrogen-bond donors (Lipinski definition) is 1. The molecule has 0 spiro atoms. The quantitative estimate of drug-likeness (QED) is 0.840. The van der Waals surface area contributed by atoms with Crippen molar-refractivity contribution in [2.24, 2.45) is 0 Å². The van der Waals surface area contributed by atoms with Gasteiger partial charge in [0.2, 0.25) is 0 Å². The second kappa shape index (κ2) is 7.10. The van der Waals surface area contributed by atoms with Crippen molar-refractivity contribution in [3.63, 3.8) is 0 Å². The summed E-state index contributed by atoms with van der Waals surface area (Å²) in [5, 5.41) is 3.57. The van der Waals surface area contributed by atoms with Gasteiger partial charge in [0.15, 0.2) is 0 Å². The van der Waals surface area contributed by atoms with Crippen LogP contribution in [0.4, 0.5) is 0 Å². The van der Waals surface area contributed by atoms with E-state index in [1.54, 1.807) is 7.11 Å². The molecule has 1 atom stereocenters. The van der Waals surface area contributed by atoms with Crippen LogP contribution in [0.1, 0.15) is 35.2 Å². The summed E-state index contributed by atoms with van der Waals surface area (Å²) in [6.07, 6.45) is 0. The zero-order valence-corrected chi connectivity index (χ0v) is 14.6. The summed E-state index contributed by atoms with van der Waals surface area (Å²) in [5.41, 5.74) is 4.94. The third-order valence-electron chi connectivity index (χ3n) is 3.65. The summed E-state index contributed by atoms with van der Waals surface area (Å²) in [6, 6.07) is 12.8. The molecule has 0 radical (unpaired) electrons. The lowest BCUT2D eigenvalue weighted by Crippen LogP contribution is -2.22. The van der Waals surface area contributed by atoms with Gasteiger partial charge in [0.25, 0.3) is 0 Å². The lowest BCUT2D eigenvalue weighted by Gasteiger charge is -2.22. The van der Waals surface area contributed by atoms with E-state index in [9.17, 15) is 0 Å². The van der Waals surface area contributed by atoms with Gasteiger partial charge in [-0.1, -0.05) is 53.2 Å². The van der Waals surface area contributed by atoms with E-state index in [0.29, 0.717) is 0 Å². The predicted octanol–water partition coefficient (Wildman–Crippen LogP) is 4.77. The molecule has 0 aliphatic carbocycles. The molecule has 0 heterocycles. The maximum atomic E-state index is 5.53. The Morgan fingerprint density at radius 1 is 1.14 bits per heavy atom. The molecular formula is C18H22BrNO. The largest absolute Gasteiger partial charge is 0.496 e. The number of benzene rings is 2. The third kappa shape index (κ3) is 3.47. The lowest BCUT2D eigenvalue weighted by atomic mass is 9.95. The van der Waals surface area contributed by atoms with E-state index >= 15 is 0 Å². The Kier molecular flexibility index (Phi) is 5.43. The van der Waals surface area contributed by atoms with Crippen LogP contribution in [0.5, 0.6) is 5.75 Å². The maximum Gasteiger partial charge on any atom is 0.123 e. The van der Waals surface area contributed by atoms with Crippen LogP contribution < -0.4 is 10.1 Å². The molecule has 1 unspecified atom stereocenters. The molecule has 0 saturated heterocycles. The molecule has 0 fully saturated rings. The van der Waals surface area contributed by atoms with Gasteiger partial charge in [0.05, 0.1) is 13.2 Å². The number of halogens is 1. The van der Waals surface area contributed by atoms with Crippen molar-refractivity contribution in [1.82, 2.24) is 5.32 Å². The molecule has 0 saturated carbocycles. The van der Waals surface area contributed by atoms with Gasteiger partial charge in [0.1, 0.15) is 5.75 Å². The van der Waals surface area contributed by atoms with Crippen molar-refractivity contribution in [2.75, 3.05) is 13.7 Å². The van der Waals surface area contributed by atoms with E-state index in [-0.39, 0.29) is 6.04 Å². The number of methoxy groups -OCH3 is 1. The normalized spacial score (nSPS) is 12.2. The number of ether oxygens (including phenoxy) is 1. The smallest absolute Gasteiger partial charge is 0.123 e. The second-order valence-corrected chi connectivity index (χ2v) is 5.99. The highest BCUT2D eigenvalue weighted by Crippen LogP contribution is 2.33. The molecule has 3 heteroatoms. The molecule has 0 amide bonds. The topological polar surface area (TPSA) is 21.3 Å². The Hall–Kier alpha value is -1.32. The molecule has 2 aromatic carbocycles. The van der Waals surface area contributed by atoms with Crippen LogP contribution in [-0.2, 0) is 0 Å². The van der Waals surface area contributed by atoms with Gasteiger partial charge >= 0.3 is 0 Å². The van der Waals surface area contributed by atoms with Crippen LogP contribution in [0.2, 0.25) is 0 Å². The zero-order chi connectivity index (χ0) is 15.4. The van der Waals surface area contributed by atoms with E-state index in [1.165, 1.54) is 26.7 Å². The fourth-order valence-electron chi connectivity index (χ4n) is 2.66. The van der Waals surface area contributed by atoms with Gasteiger partial charge < -0.3 is 10.1 Å². The highest BCUT2D eigenvalue weighted by molar-refractivity contribution is 9.10. The summed E-state index contributed by atoms with van der Waals surface area (Å²) in [6.45, 7) is 7.29. The zero-order valence-electron chi connectivity index (χ0n) is 13.0. The van der Waals surface area contributed by atoms with Gasteiger partial charge in [-0.2, -0.15) is 0 Å². The first-order chi connectivity index (χ1) is 10.1. The highest BCUT2D eigenvalue weighted by atomic mass is 79.9. The van der Waals surface area contributed by atoms with Crippen LogP contribution in [0, 0.1) is 13.8 Å². The van der Waals surface area contributed by atoms with E-state index in [4.69, 9.17) is 4.74 Å². The van der Waals surface area contributed by atoms with Crippen LogP contribution in [0.25, 0.3) is 0 Å². The van der Waals surface area contributed by atoms with Crippen molar-refractivity contribution in [2.45, 2.75) is 26.8 Å². The van der Waals surface area contributed by atoms with E-state index in [2.05, 4.69) is 66.3 Å². The number of hydrogen-bond acceptors (Lipinski definition) is 2. The summed E-state index contributed by atoms with van der Waals surface area (Å²) in [5.74, 6) is 0.918. The van der Waals surface area contributed by atoms with Crippen LogP contribution >= 0.6 is 15.9 Å². The Morgan fingerprint density at radius 2 is 1.76 bits per heavy atom. The highest BCUT2D eigenvalue weighted by Gasteiger charge is 2.18. The standard InChI is InChI=1S/C18H22BrNO/c1-5-20-18(15-8-6-7-9-16(15)21-4)14-10-12(2)17(19)13(3)11-14/h6-11,18,20H,5H2,1-4H3. The summed E-state index contributed by atoms with van der Waals surface area (Å²) < 4.78 is 6.71. The van der Waals surface area contributed by atoms with Gasteiger partial charge in [-0.05, 0) is 43.1 Å². The first kappa shape index (κ1) is 16.1. The average molecular weight is 348 g/mol. The molecule has 21 heavy (non-hydrogen) atoms. The predicted molar refractivity (Wildman–Crippen MR) is 92.1 cm³/mol. The van der Waals surface area contributed by atoms with Crippen LogP contribution in [-0.4, -0.2) is 13.7 Å². The Labute approximate surface area is 135 Å². The summed E-state index contributed by atoms with van der Waals surface area (Å²) in [4.78, 5) is 0. The molecule has 112 valence electrons. The van der Waals surface area contributed by atoms with Crippen molar-refractivity contribution in [3.8, 4) is 5.75 Å². The van der Waals surface area contributed by atoms with Crippen molar-refractivity contribution in [3.05, 3.63) is 63.1 Å². The second-order valence-electron chi connectivity index (χ2n) is 5.20. The number of aryl methyl sites for hydroxylation is 2. The Bertz CT molecular complexity index is 601. The fraction of sp³-hybridized carbons (Fsp3) is 0.333. The SMILES string of the molecule is CCNC(c1cc(C)c(Br)c(C)c1)c1ccccc1OC. The van der Waals surface area contributed by atoms with Gasteiger partial charge in [0, 0.05) is 10.0 Å². The molecule has 0 bridgehead atoms. The van der Waals surface area contributed by atoms with Crippen LogP contribution in [0.3, 0.4) is 0 Å². The lowest BCUT2D eigenvalue weighted by molar-refractivity contribution is 0.404. The molecule has 1 N–H and O–H groups in total. The molecule has 2 aromatic rings. The van der Waals surface area contributed by atoms with Crippen molar-refractivity contribution >= 4 is 15.9 Å². The molecule has 0 aromatic heterocycles. The minimum absolute atomic E-state index is 0.136. The van der Waals surface area contributed by atoms with Crippen molar-refractivity contribution in [1.29, 1.82) is 0 Å². The minimum Gasteiger partial charge on any atom is -0.496 e. The van der Waals surface area contributed by atoms with E-state index in [1.807, 2.05) is 12.1 Å². The third-order valence-corrected chi connectivity index (χ3v) is 4.90. The Balaban J connectivity index is 2.53. The van der Waals surface area contributed by atoms with Crippen molar-refractivity contribution < 1.29 is 4.74 Å². The van der Waals surface area contributed by atoms with Gasteiger partial charge in [-0.25, -0.2) is 0 Å². The van der Waals surface area contributed by atoms with Gasteiger partial charge in [-0.3, -0.25) is 0 Å².